The molecule has 4 heteroatoms. The molecule has 0 aliphatic carbocycles. The van der Waals surface area contributed by atoms with E-state index in [-0.39, 0.29) is 5.92 Å². The summed E-state index contributed by atoms with van der Waals surface area (Å²) in [5.41, 5.74) is 0. The van der Waals surface area contributed by atoms with Gasteiger partial charge in [-0.3, -0.25) is 9.69 Å². The van der Waals surface area contributed by atoms with Gasteiger partial charge in [0.05, 0.1) is 5.92 Å². The van der Waals surface area contributed by atoms with Crippen LogP contribution in [0.4, 0.5) is 0 Å². The molecule has 0 aromatic rings. The van der Waals surface area contributed by atoms with E-state index >= 15 is 0 Å². The van der Waals surface area contributed by atoms with Gasteiger partial charge in [-0.2, -0.15) is 0 Å². The monoisotopic (exact) mass is 239 g/mol. The standard InChI is InChI=1S/C13H25N3O/c1-4-11-9-16(8-7-15(11)3)13(17)12-5-6-14-10(12)2/h10-12,14H,4-9H2,1-3H3. The van der Waals surface area contributed by atoms with Crippen LogP contribution >= 0.6 is 0 Å². The molecule has 2 heterocycles. The van der Waals surface area contributed by atoms with Gasteiger partial charge in [0.15, 0.2) is 0 Å². The number of nitrogens with zero attached hydrogens (tertiary/aromatic N) is 2. The van der Waals surface area contributed by atoms with E-state index in [0.717, 1.165) is 39.0 Å². The maximum atomic E-state index is 12.4. The van der Waals surface area contributed by atoms with Crippen LogP contribution in [-0.2, 0) is 4.79 Å². The van der Waals surface area contributed by atoms with E-state index < -0.39 is 0 Å². The van der Waals surface area contributed by atoms with Crippen molar-refractivity contribution >= 4 is 5.91 Å². The maximum absolute atomic E-state index is 12.4. The van der Waals surface area contributed by atoms with Crippen molar-refractivity contribution in [3.05, 3.63) is 0 Å². The van der Waals surface area contributed by atoms with Gasteiger partial charge in [-0.1, -0.05) is 6.92 Å². The summed E-state index contributed by atoms with van der Waals surface area (Å²) < 4.78 is 0. The lowest BCUT2D eigenvalue weighted by Crippen LogP contribution is -2.54. The van der Waals surface area contributed by atoms with Crippen molar-refractivity contribution in [2.45, 2.75) is 38.8 Å². The summed E-state index contributed by atoms with van der Waals surface area (Å²) >= 11 is 0. The minimum Gasteiger partial charge on any atom is -0.340 e. The Balaban J connectivity index is 1.95. The number of carbonyl (C=O) groups excluding carboxylic acids is 1. The zero-order chi connectivity index (χ0) is 12.4. The number of rotatable bonds is 2. The topological polar surface area (TPSA) is 35.6 Å². The first-order valence-electron chi connectivity index (χ1n) is 6.86. The summed E-state index contributed by atoms with van der Waals surface area (Å²) in [4.78, 5) is 16.9. The molecule has 2 aliphatic rings. The molecule has 2 rings (SSSR count). The lowest BCUT2D eigenvalue weighted by molar-refractivity contribution is -0.138. The van der Waals surface area contributed by atoms with Crippen molar-refractivity contribution in [3.8, 4) is 0 Å². The molecule has 0 aromatic heterocycles. The minimum absolute atomic E-state index is 0.205. The summed E-state index contributed by atoms with van der Waals surface area (Å²) in [5.74, 6) is 0.574. The van der Waals surface area contributed by atoms with Crippen molar-refractivity contribution in [2.24, 2.45) is 5.92 Å². The molecule has 4 nitrogen and oxygen atoms in total. The number of likely N-dealkylation sites (N-methyl/N-ethyl adjacent to an activating group) is 1. The highest BCUT2D eigenvalue weighted by molar-refractivity contribution is 5.80. The molecular weight excluding hydrogens is 214 g/mol. The van der Waals surface area contributed by atoms with Crippen LogP contribution in [0.3, 0.4) is 0 Å². The van der Waals surface area contributed by atoms with Gasteiger partial charge in [0.25, 0.3) is 0 Å². The fourth-order valence-electron chi connectivity index (χ4n) is 3.02. The molecule has 17 heavy (non-hydrogen) atoms. The van der Waals surface area contributed by atoms with Gasteiger partial charge in [-0.05, 0) is 33.4 Å². The van der Waals surface area contributed by atoms with Gasteiger partial charge >= 0.3 is 0 Å². The molecule has 0 radical (unpaired) electrons. The van der Waals surface area contributed by atoms with Gasteiger partial charge in [-0.15, -0.1) is 0 Å². The lowest BCUT2D eigenvalue weighted by Gasteiger charge is -2.40. The predicted octanol–water partition coefficient (Wildman–Crippen LogP) is 0.537. The van der Waals surface area contributed by atoms with Crippen LogP contribution in [0.1, 0.15) is 26.7 Å². The van der Waals surface area contributed by atoms with Crippen LogP contribution < -0.4 is 5.32 Å². The van der Waals surface area contributed by atoms with Crippen molar-refractivity contribution in [3.63, 3.8) is 0 Å². The quantitative estimate of drug-likeness (QED) is 0.764. The van der Waals surface area contributed by atoms with Crippen molar-refractivity contribution in [1.82, 2.24) is 15.1 Å². The average molecular weight is 239 g/mol. The average Bonchev–Trinajstić information content (AvgIpc) is 2.75. The fraction of sp³-hybridized carbons (Fsp3) is 0.923. The predicted molar refractivity (Wildman–Crippen MR) is 68.9 cm³/mol. The molecule has 98 valence electrons. The van der Waals surface area contributed by atoms with E-state index in [2.05, 4.69) is 36.0 Å². The normalized spacial score (nSPS) is 35.2. The summed E-state index contributed by atoms with van der Waals surface area (Å²) in [5, 5.41) is 3.37. The Morgan fingerprint density at radius 3 is 2.76 bits per heavy atom. The molecule has 2 aliphatic heterocycles. The van der Waals surface area contributed by atoms with Gasteiger partial charge in [0, 0.05) is 31.7 Å². The molecule has 3 unspecified atom stereocenters. The van der Waals surface area contributed by atoms with Gasteiger partial charge in [0.2, 0.25) is 5.91 Å². The zero-order valence-corrected chi connectivity index (χ0v) is 11.3. The van der Waals surface area contributed by atoms with Crippen LogP contribution in [-0.4, -0.2) is 61.0 Å². The molecule has 1 N–H and O–H groups in total. The van der Waals surface area contributed by atoms with Crippen LogP contribution in [0.25, 0.3) is 0 Å². The number of hydrogen-bond acceptors (Lipinski definition) is 3. The zero-order valence-electron chi connectivity index (χ0n) is 11.3. The maximum Gasteiger partial charge on any atom is 0.227 e. The molecule has 3 atom stereocenters. The first kappa shape index (κ1) is 12.8. The smallest absolute Gasteiger partial charge is 0.227 e. The van der Waals surface area contributed by atoms with Crippen molar-refractivity contribution in [1.29, 1.82) is 0 Å². The number of carbonyl (C=O) groups is 1. The summed E-state index contributed by atoms with van der Waals surface area (Å²) in [6, 6.07) is 0.889. The van der Waals surface area contributed by atoms with E-state index in [4.69, 9.17) is 0 Å². The summed E-state index contributed by atoms with van der Waals surface area (Å²) in [6.07, 6.45) is 2.13. The molecule has 1 amide bonds. The highest BCUT2D eigenvalue weighted by atomic mass is 16.2. The van der Waals surface area contributed by atoms with E-state index in [1.807, 2.05) is 0 Å². The third kappa shape index (κ3) is 2.63. The third-order valence-electron chi connectivity index (χ3n) is 4.40. The van der Waals surface area contributed by atoms with Crippen molar-refractivity contribution < 1.29 is 4.79 Å². The first-order valence-corrected chi connectivity index (χ1v) is 6.86. The number of amides is 1. The van der Waals surface area contributed by atoms with Gasteiger partial charge in [0.1, 0.15) is 0 Å². The summed E-state index contributed by atoms with van der Waals surface area (Å²) in [6.45, 7) is 8.14. The number of piperazine rings is 1. The Morgan fingerprint density at radius 1 is 1.41 bits per heavy atom. The Bertz CT molecular complexity index is 282. The van der Waals surface area contributed by atoms with Gasteiger partial charge < -0.3 is 10.2 Å². The van der Waals surface area contributed by atoms with Crippen LogP contribution in [0, 0.1) is 5.92 Å². The summed E-state index contributed by atoms with van der Waals surface area (Å²) in [7, 11) is 2.16. The van der Waals surface area contributed by atoms with E-state index in [1.165, 1.54) is 0 Å². The Hall–Kier alpha value is -0.610. The molecule has 2 saturated heterocycles. The Labute approximate surface area is 104 Å². The second kappa shape index (κ2) is 5.36. The molecular formula is C13H25N3O. The second-order valence-corrected chi connectivity index (χ2v) is 5.46. The second-order valence-electron chi connectivity index (χ2n) is 5.46. The third-order valence-corrected chi connectivity index (χ3v) is 4.40. The van der Waals surface area contributed by atoms with Gasteiger partial charge in [-0.25, -0.2) is 0 Å². The minimum atomic E-state index is 0.205. The van der Waals surface area contributed by atoms with Crippen molar-refractivity contribution in [2.75, 3.05) is 33.2 Å². The molecule has 2 fully saturated rings. The fourth-order valence-corrected chi connectivity index (χ4v) is 3.02. The molecule has 0 bridgehead atoms. The SMILES string of the molecule is CCC1CN(C(=O)C2CCNC2C)CCN1C. The van der Waals surface area contributed by atoms with E-state index in [1.54, 1.807) is 0 Å². The highest BCUT2D eigenvalue weighted by Crippen LogP contribution is 2.20. The van der Waals surface area contributed by atoms with Crippen LogP contribution in [0.15, 0.2) is 0 Å². The Morgan fingerprint density at radius 2 is 2.18 bits per heavy atom. The molecule has 0 spiro atoms. The lowest BCUT2D eigenvalue weighted by atomic mass is 9.99. The molecule has 0 saturated carbocycles. The number of nitrogens with one attached hydrogen (secondary N) is 1. The first-order chi connectivity index (χ1) is 8.13. The highest BCUT2D eigenvalue weighted by Gasteiger charge is 2.35. The van der Waals surface area contributed by atoms with Crippen LogP contribution in [0.2, 0.25) is 0 Å². The largest absolute Gasteiger partial charge is 0.340 e. The van der Waals surface area contributed by atoms with Crippen LogP contribution in [0.5, 0.6) is 0 Å². The van der Waals surface area contributed by atoms with E-state index in [0.29, 0.717) is 18.0 Å². The van der Waals surface area contributed by atoms with E-state index in [9.17, 15) is 4.79 Å². The Kier molecular flexibility index (Phi) is 4.05. The molecule has 0 aromatic carbocycles. The number of hydrogen-bond donors (Lipinski definition) is 1.